The number of guanidine groups is 1. The number of urea groups is 1. The van der Waals surface area contributed by atoms with Gasteiger partial charge >= 0.3 is 6.03 Å². The van der Waals surface area contributed by atoms with Gasteiger partial charge in [-0.25, -0.2) is 9.79 Å². The quantitative estimate of drug-likeness (QED) is 0.414. The summed E-state index contributed by atoms with van der Waals surface area (Å²) >= 11 is 0. The number of carbonyl (C=O) groups excluding carboxylic acids is 1. The summed E-state index contributed by atoms with van der Waals surface area (Å²) in [5, 5.41) is 4.65. The third kappa shape index (κ3) is 2.18. The molecule has 0 aliphatic carbocycles. The van der Waals surface area contributed by atoms with E-state index in [1.807, 2.05) is 0 Å². The van der Waals surface area contributed by atoms with Crippen LogP contribution in [0.1, 0.15) is 0 Å². The Morgan fingerprint density at radius 2 is 2.33 bits per heavy atom. The van der Waals surface area contributed by atoms with Crippen molar-refractivity contribution in [2.45, 2.75) is 0 Å². The number of aliphatic imine (C=N–C) groups is 1. The predicted molar refractivity (Wildman–Crippen MR) is 35.4 cm³/mol. The van der Waals surface area contributed by atoms with Crippen molar-refractivity contribution in [3.05, 3.63) is 0 Å². The summed E-state index contributed by atoms with van der Waals surface area (Å²) in [7, 11) is 0. The summed E-state index contributed by atoms with van der Waals surface area (Å²) in [5.74, 6) is 0.175. The summed E-state index contributed by atoms with van der Waals surface area (Å²) < 4.78 is 0. The van der Waals surface area contributed by atoms with Crippen molar-refractivity contribution in [3.63, 3.8) is 0 Å². The third-order valence-corrected chi connectivity index (χ3v) is 0.731. The van der Waals surface area contributed by atoms with Crippen molar-refractivity contribution in [2.75, 3.05) is 6.67 Å². The molecule has 6 heteroatoms. The standard InChI is InChI=1S/C3H6N4O.ClH/c4-2-5-1-6-3(8)7-2;/h1H2,(H4,4,5,6,7,8);1H. The molecular weight excluding hydrogens is 144 g/mol. The van der Waals surface area contributed by atoms with Crippen molar-refractivity contribution in [1.29, 1.82) is 0 Å². The fraction of sp³-hybridized carbons (Fsp3) is 0.333. The smallest absolute Gasteiger partial charge is 0.322 e. The lowest BCUT2D eigenvalue weighted by atomic mass is 10.8. The molecule has 0 bridgehead atoms. The number of nitrogens with two attached hydrogens (primary N) is 1. The van der Waals surface area contributed by atoms with Gasteiger partial charge in [0, 0.05) is 0 Å². The first-order valence-electron chi connectivity index (χ1n) is 2.14. The lowest BCUT2D eigenvalue weighted by Gasteiger charge is -2.09. The topological polar surface area (TPSA) is 79.5 Å². The van der Waals surface area contributed by atoms with Crippen molar-refractivity contribution < 1.29 is 4.79 Å². The number of rotatable bonds is 0. The predicted octanol–water partition coefficient (Wildman–Crippen LogP) is -1.01. The molecule has 1 rings (SSSR count). The Labute approximate surface area is 58.1 Å². The third-order valence-electron chi connectivity index (χ3n) is 0.731. The number of hydrogen-bond acceptors (Lipinski definition) is 3. The first-order chi connectivity index (χ1) is 3.79. The molecule has 0 unspecified atom stereocenters. The number of halogens is 1. The summed E-state index contributed by atoms with van der Waals surface area (Å²) in [4.78, 5) is 13.9. The maximum Gasteiger partial charge on any atom is 0.322 e. The van der Waals surface area contributed by atoms with Gasteiger partial charge in [0.2, 0.25) is 0 Å². The van der Waals surface area contributed by atoms with Crippen LogP contribution in [-0.2, 0) is 0 Å². The minimum atomic E-state index is -0.294. The molecule has 1 aliphatic heterocycles. The molecule has 0 saturated carbocycles. The molecule has 1 aliphatic rings. The average Bonchev–Trinajstić information content (AvgIpc) is 1.64. The molecule has 0 spiro atoms. The van der Waals surface area contributed by atoms with Gasteiger partial charge in [-0.3, -0.25) is 5.32 Å². The molecule has 0 aromatic carbocycles. The lowest BCUT2D eigenvalue weighted by molar-refractivity contribution is 0.244. The van der Waals surface area contributed by atoms with Crippen LogP contribution in [0.25, 0.3) is 0 Å². The Kier molecular flexibility index (Phi) is 2.80. The summed E-state index contributed by atoms with van der Waals surface area (Å²) in [5.41, 5.74) is 5.10. The van der Waals surface area contributed by atoms with Gasteiger partial charge in [-0.05, 0) is 0 Å². The van der Waals surface area contributed by atoms with Gasteiger partial charge < -0.3 is 11.1 Å². The van der Waals surface area contributed by atoms with Gasteiger partial charge in [-0.1, -0.05) is 0 Å². The van der Waals surface area contributed by atoms with E-state index in [1.54, 1.807) is 0 Å². The van der Waals surface area contributed by atoms with Crippen LogP contribution in [0, 0.1) is 0 Å². The number of amides is 2. The molecule has 2 amide bonds. The lowest BCUT2D eigenvalue weighted by Crippen LogP contribution is -2.47. The Balaban J connectivity index is 0.000000640. The van der Waals surface area contributed by atoms with Gasteiger partial charge in [0.05, 0.1) is 0 Å². The van der Waals surface area contributed by atoms with Crippen LogP contribution in [0.4, 0.5) is 4.79 Å². The molecule has 0 atom stereocenters. The minimum absolute atomic E-state index is 0. The van der Waals surface area contributed by atoms with Crippen LogP contribution in [0.3, 0.4) is 0 Å². The van der Waals surface area contributed by atoms with Crippen LogP contribution in [0.15, 0.2) is 4.99 Å². The highest BCUT2D eigenvalue weighted by atomic mass is 35.5. The maximum absolute atomic E-state index is 10.3. The second-order valence-corrected chi connectivity index (χ2v) is 1.33. The van der Waals surface area contributed by atoms with Crippen LogP contribution >= 0.6 is 12.4 Å². The molecule has 0 aromatic rings. The van der Waals surface area contributed by atoms with E-state index >= 15 is 0 Å². The molecule has 0 aromatic heterocycles. The van der Waals surface area contributed by atoms with Crippen LogP contribution in [0.2, 0.25) is 0 Å². The van der Waals surface area contributed by atoms with E-state index in [2.05, 4.69) is 15.6 Å². The Bertz CT molecular complexity index is 145. The maximum atomic E-state index is 10.3. The zero-order chi connectivity index (χ0) is 5.98. The molecule has 1 heterocycles. The second kappa shape index (κ2) is 3.13. The van der Waals surface area contributed by atoms with Gasteiger partial charge in [0.1, 0.15) is 6.67 Å². The van der Waals surface area contributed by atoms with E-state index in [-0.39, 0.29) is 31.1 Å². The number of hydrogen-bond donors (Lipinski definition) is 3. The van der Waals surface area contributed by atoms with E-state index < -0.39 is 0 Å². The van der Waals surface area contributed by atoms with E-state index in [1.165, 1.54) is 0 Å². The van der Waals surface area contributed by atoms with E-state index in [9.17, 15) is 4.79 Å². The Morgan fingerprint density at radius 1 is 1.67 bits per heavy atom. The molecule has 9 heavy (non-hydrogen) atoms. The first-order valence-corrected chi connectivity index (χ1v) is 2.14. The van der Waals surface area contributed by atoms with Crippen molar-refractivity contribution in [1.82, 2.24) is 10.6 Å². The normalized spacial score (nSPS) is 16.4. The molecule has 0 radical (unpaired) electrons. The van der Waals surface area contributed by atoms with Gasteiger partial charge in [0.15, 0.2) is 5.96 Å². The number of carbonyl (C=O) groups is 1. The van der Waals surface area contributed by atoms with Crippen molar-refractivity contribution >= 4 is 24.4 Å². The highest BCUT2D eigenvalue weighted by Gasteiger charge is 2.04. The van der Waals surface area contributed by atoms with Crippen LogP contribution in [0.5, 0.6) is 0 Å². The zero-order valence-electron chi connectivity index (χ0n) is 4.55. The zero-order valence-corrected chi connectivity index (χ0v) is 5.36. The van der Waals surface area contributed by atoms with Crippen molar-refractivity contribution in [3.8, 4) is 0 Å². The summed E-state index contributed by atoms with van der Waals surface area (Å²) in [6.45, 7) is 0.275. The average molecular weight is 151 g/mol. The molecule has 0 fully saturated rings. The van der Waals surface area contributed by atoms with E-state index in [4.69, 9.17) is 5.73 Å². The largest absolute Gasteiger partial charge is 0.370 e. The van der Waals surface area contributed by atoms with E-state index in [0.29, 0.717) is 0 Å². The van der Waals surface area contributed by atoms with Gasteiger partial charge in [-0.15, -0.1) is 12.4 Å². The highest BCUT2D eigenvalue weighted by Crippen LogP contribution is 1.73. The Morgan fingerprint density at radius 3 is 2.67 bits per heavy atom. The number of nitrogens with zero attached hydrogens (tertiary/aromatic N) is 1. The fourth-order valence-electron chi connectivity index (χ4n) is 0.397. The molecule has 5 nitrogen and oxygen atoms in total. The minimum Gasteiger partial charge on any atom is -0.370 e. The summed E-state index contributed by atoms with van der Waals surface area (Å²) in [6, 6.07) is -0.294. The molecule has 0 saturated heterocycles. The molecular formula is C3H7ClN4O. The SMILES string of the molecule is Cl.NC1=NCNC(=O)N1. The highest BCUT2D eigenvalue weighted by molar-refractivity contribution is 5.96. The van der Waals surface area contributed by atoms with Crippen molar-refractivity contribution in [2.24, 2.45) is 10.7 Å². The fourth-order valence-corrected chi connectivity index (χ4v) is 0.397. The monoisotopic (exact) mass is 150 g/mol. The van der Waals surface area contributed by atoms with Gasteiger partial charge in [0.25, 0.3) is 0 Å². The first kappa shape index (κ1) is 8.03. The second-order valence-electron chi connectivity index (χ2n) is 1.33. The molecule has 4 N–H and O–H groups in total. The van der Waals surface area contributed by atoms with Crippen LogP contribution < -0.4 is 16.4 Å². The van der Waals surface area contributed by atoms with Gasteiger partial charge in [-0.2, -0.15) is 0 Å². The van der Waals surface area contributed by atoms with Crippen LogP contribution in [-0.4, -0.2) is 18.7 Å². The Hall–Kier alpha value is -0.970. The molecule has 52 valence electrons. The van der Waals surface area contributed by atoms with E-state index in [0.717, 1.165) is 0 Å². The summed E-state index contributed by atoms with van der Waals surface area (Å²) in [6.07, 6.45) is 0. The number of nitrogens with one attached hydrogen (secondary N) is 2.